The monoisotopic (exact) mass is 396 g/mol. The Hall–Kier alpha value is -2.97. The average molecular weight is 396 g/mol. The number of ether oxygens (including phenoxy) is 2. The van der Waals surface area contributed by atoms with Crippen LogP contribution >= 0.6 is 11.3 Å². The molecule has 0 fully saturated rings. The number of nitrogens with zero attached hydrogens (tertiary/aromatic N) is 4. The van der Waals surface area contributed by atoms with Crippen molar-refractivity contribution in [2.45, 2.75) is 13.5 Å². The maximum absolute atomic E-state index is 13.0. The van der Waals surface area contributed by atoms with Crippen molar-refractivity contribution in [1.82, 2.24) is 14.0 Å². The highest BCUT2D eigenvalue weighted by Crippen LogP contribution is 2.23. The zero-order valence-electron chi connectivity index (χ0n) is 15.9. The molecule has 4 aromatic rings. The van der Waals surface area contributed by atoms with E-state index in [9.17, 15) is 4.79 Å². The molecule has 0 spiro atoms. The number of benzene rings is 1. The average Bonchev–Trinajstić information content (AvgIpc) is 3.21. The van der Waals surface area contributed by atoms with Crippen LogP contribution in [0.2, 0.25) is 0 Å². The van der Waals surface area contributed by atoms with Crippen LogP contribution in [-0.2, 0) is 11.3 Å². The van der Waals surface area contributed by atoms with Crippen LogP contribution in [0.4, 0.5) is 0 Å². The molecule has 0 bridgehead atoms. The predicted octanol–water partition coefficient (Wildman–Crippen LogP) is 3.06. The summed E-state index contributed by atoms with van der Waals surface area (Å²) in [5.74, 6) is 0.448. The number of fused-ring (bicyclic) bond motifs is 2. The van der Waals surface area contributed by atoms with E-state index < -0.39 is 0 Å². The van der Waals surface area contributed by atoms with Crippen molar-refractivity contribution in [1.29, 1.82) is 0 Å². The molecule has 0 atom stereocenters. The Labute approximate surface area is 165 Å². The van der Waals surface area contributed by atoms with Crippen LogP contribution in [0.25, 0.3) is 15.9 Å². The third kappa shape index (κ3) is 3.21. The number of imidazole rings is 1. The Morgan fingerprint density at radius 2 is 2.11 bits per heavy atom. The molecule has 144 valence electrons. The number of amides is 1. The number of carbonyl (C=O) groups is 1. The summed E-state index contributed by atoms with van der Waals surface area (Å²) < 4.78 is 15.3. The molecule has 8 heteroatoms. The van der Waals surface area contributed by atoms with Crippen molar-refractivity contribution in [3.8, 4) is 5.75 Å². The van der Waals surface area contributed by atoms with Crippen LogP contribution in [-0.4, -0.2) is 40.7 Å². The van der Waals surface area contributed by atoms with E-state index in [-0.39, 0.29) is 5.91 Å². The Kier molecular flexibility index (Phi) is 4.97. The van der Waals surface area contributed by atoms with E-state index in [1.807, 2.05) is 54.1 Å². The molecule has 0 aliphatic carbocycles. The zero-order valence-corrected chi connectivity index (χ0v) is 16.7. The Balaban J connectivity index is 1.87. The number of thiazole rings is 1. The van der Waals surface area contributed by atoms with Crippen molar-refractivity contribution in [2.75, 3.05) is 20.8 Å². The van der Waals surface area contributed by atoms with Gasteiger partial charge in [0.05, 0.1) is 29.6 Å². The molecule has 0 N–H and O–H groups in total. The number of hydrogen-bond donors (Lipinski definition) is 0. The van der Waals surface area contributed by atoms with Crippen molar-refractivity contribution in [2.24, 2.45) is 4.99 Å². The molecule has 0 radical (unpaired) electrons. The van der Waals surface area contributed by atoms with Gasteiger partial charge in [0.1, 0.15) is 17.1 Å². The number of pyridine rings is 1. The normalized spacial score (nSPS) is 12.2. The molecular weight excluding hydrogens is 376 g/mol. The summed E-state index contributed by atoms with van der Waals surface area (Å²) in [6.45, 7) is 2.94. The number of methoxy groups -OCH3 is 2. The quantitative estimate of drug-likeness (QED) is 0.520. The molecule has 3 heterocycles. The van der Waals surface area contributed by atoms with Gasteiger partial charge in [-0.25, -0.2) is 4.98 Å². The largest absolute Gasteiger partial charge is 0.497 e. The summed E-state index contributed by atoms with van der Waals surface area (Å²) in [6.07, 6.45) is 1.83. The summed E-state index contributed by atoms with van der Waals surface area (Å²) in [5, 5.41) is 0. The molecule has 1 amide bonds. The topological polar surface area (TPSA) is 70.1 Å². The maximum Gasteiger partial charge on any atom is 0.298 e. The Morgan fingerprint density at radius 3 is 2.89 bits per heavy atom. The van der Waals surface area contributed by atoms with E-state index in [4.69, 9.17) is 9.47 Å². The second-order valence-corrected chi connectivity index (χ2v) is 7.26. The fourth-order valence-electron chi connectivity index (χ4n) is 3.18. The van der Waals surface area contributed by atoms with Crippen LogP contribution in [0, 0.1) is 6.92 Å². The third-order valence-corrected chi connectivity index (χ3v) is 5.55. The van der Waals surface area contributed by atoms with Gasteiger partial charge in [0, 0.05) is 19.9 Å². The van der Waals surface area contributed by atoms with Crippen molar-refractivity contribution in [3.63, 3.8) is 0 Å². The lowest BCUT2D eigenvalue weighted by Gasteiger charge is -2.05. The molecule has 0 aliphatic rings. The van der Waals surface area contributed by atoms with Gasteiger partial charge < -0.3 is 14.0 Å². The molecule has 0 aliphatic heterocycles. The number of carbonyl (C=O) groups excluding carboxylic acids is 1. The standard InChI is InChI=1S/C20H20N4O3S/c1-13-18(24-9-5-4-6-17(24)21-13)19(25)22-20-23(10-11-26-2)15-8-7-14(27-3)12-16(15)28-20/h4-9,12H,10-11H2,1-3H3. The zero-order chi connectivity index (χ0) is 19.7. The van der Waals surface area contributed by atoms with Gasteiger partial charge in [-0.1, -0.05) is 17.4 Å². The van der Waals surface area contributed by atoms with E-state index >= 15 is 0 Å². The van der Waals surface area contributed by atoms with Gasteiger partial charge in [0.2, 0.25) is 0 Å². The van der Waals surface area contributed by atoms with Crippen LogP contribution in [0.1, 0.15) is 16.2 Å². The van der Waals surface area contributed by atoms with Crippen LogP contribution < -0.4 is 9.54 Å². The smallest absolute Gasteiger partial charge is 0.298 e. The first-order valence-corrected chi connectivity index (χ1v) is 9.63. The number of aryl methyl sites for hydroxylation is 1. The minimum Gasteiger partial charge on any atom is -0.497 e. The molecule has 28 heavy (non-hydrogen) atoms. The molecule has 1 aromatic carbocycles. The predicted molar refractivity (Wildman–Crippen MR) is 108 cm³/mol. The van der Waals surface area contributed by atoms with E-state index in [1.165, 1.54) is 11.3 Å². The third-order valence-electron chi connectivity index (χ3n) is 4.51. The highest BCUT2D eigenvalue weighted by atomic mass is 32.1. The first kappa shape index (κ1) is 18.4. The first-order chi connectivity index (χ1) is 13.6. The van der Waals surface area contributed by atoms with Gasteiger partial charge >= 0.3 is 0 Å². The van der Waals surface area contributed by atoms with E-state index in [0.29, 0.717) is 29.3 Å². The maximum atomic E-state index is 13.0. The van der Waals surface area contributed by atoms with Gasteiger partial charge in [-0.3, -0.25) is 9.20 Å². The summed E-state index contributed by atoms with van der Waals surface area (Å²) in [5.41, 5.74) is 2.85. The molecule has 4 rings (SSSR count). The molecule has 0 unspecified atom stereocenters. The molecule has 0 saturated heterocycles. The van der Waals surface area contributed by atoms with Crippen molar-refractivity contribution < 1.29 is 14.3 Å². The van der Waals surface area contributed by atoms with Gasteiger partial charge in [-0.15, -0.1) is 0 Å². The summed E-state index contributed by atoms with van der Waals surface area (Å²) >= 11 is 1.45. The van der Waals surface area contributed by atoms with Gasteiger partial charge in [-0.05, 0) is 37.3 Å². The summed E-state index contributed by atoms with van der Waals surface area (Å²) in [6, 6.07) is 11.5. The number of rotatable bonds is 5. The van der Waals surface area contributed by atoms with Crippen LogP contribution in [0.3, 0.4) is 0 Å². The Bertz CT molecular complexity index is 1240. The second kappa shape index (κ2) is 7.57. The van der Waals surface area contributed by atoms with Gasteiger partial charge in [-0.2, -0.15) is 4.99 Å². The van der Waals surface area contributed by atoms with Crippen molar-refractivity contribution in [3.05, 3.63) is 58.8 Å². The molecule has 7 nitrogen and oxygen atoms in total. The number of aromatic nitrogens is 3. The fourth-order valence-corrected chi connectivity index (χ4v) is 4.26. The fraction of sp³-hybridized carbons (Fsp3) is 0.250. The minimum absolute atomic E-state index is 0.319. The highest BCUT2D eigenvalue weighted by Gasteiger charge is 2.17. The molecule has 0 saturated carbocycles. The number of hydrogen-bond acceptors (Lipinski definition) is 5. The van der Waals surface area contributed by atoms with E-state index in [0.717, 1.165) is 21.6 Å². The Morgan fingerprint density at radius 1 is 1.25 bits per heavy atom. The van der Waals surface area contributed by atoms with Gasteiger partial charge in [0.25, 0.3) is 5.91 Å². The van der Waals surface area contributed by atoms with Crippen LogP contribution in [0.5, 0.6) is 5.75 Å². The lowest BCUT2D eigenvalue weighted by atomic mass is 10.3. The summed E-state index contributed by atoms with van der Waals surface area (Å²) in [4.78, 5) is 22.6. The molecule has 3 aromatic heterocycles. The van der Waals surface area contributed by atoms with E-state index in [2.05, 4.69) is 9.98 Å². The first-order valence-electron chi connectivity index (χ1n) is 8.81. The summed E-state index contributed by atoms with van der Waals surface area (Å²) in [7, 11) is 3.29. The SMILES string of the molecule is COCCn1c(=NC(=O)c2c(C)nc3ccccn23)sc2cc(OC)ccc21. The van der Waals surface area contributed by atoms with Crippen molar-refractivity contribution >= 4 is 33.1 Å². The van der Waals surface area contributed by atoms with Crippen LogP contribution in [0.15, 0.2) is 47.6 Å². The lowest BCUT2D eigenvalue weighted by Crippen LogP contribution is -2.20. The lowest BCUT2D eigenvalue weighted by molar-refractivity contribution is 0.0991. The van der Waals surface area contributed by atoms with Gasteiger partial charge in [0.15, 0.2) is 4.80 Å². The second-order valence-electron chi connectivity index (χ2n) is 6.25. The molecular formula is C20H20N4O3S. The highest BCUT2D eigenvalue weighted by molar-refractivity contribution is 7.16. The minimum atomic E-state index is -0.319. The van der Waals surface area contributed by atoms with E-state index in [1.54, 1.807) is 18.6 Å².